The molecule has 0 aliphatic heterocycles. The van der Waals surface area contributed by atoms with Crippen LogP contribution in [0.1, 0.15) is 72.4 Å². The van der Waals surface area contributed by atoms with Crippen LogP contribution in [0.2, 0.25) is 0 Å². The van der Waals surface area contributed by atoms with Crippen molar-refractivity contribution < 1.29 is 28.5 Å². The lowest BCUT2D eigenvalue weighted by molar-refractivity contribution is -0.142. The second kappa shape index (κ2) is 25.0. The van der Waals surface area contributed by atoms with Gasteiger partial charge < -0.3 is 18.9 Å². The summed E-state index contributed by atoms with van der Waals surface area (Å²) in [4.78, 5) is 47.0. The van der Waals surface area contributed by atoms with Crippen LogP contribution >= 0.6 is 0 Å². The van der Waals surface area contributed by atoms with Crippen molar-refractivity contribution in [3.8, 4) is 22.8 Å². The van der Waals surface area contributed by atoms with E-state index in [-0.39, 0.29) is 62.0 Å². The van der Waals surface area contributed by atoms with Crippen LogP contribution in [0.5, 0.6) is 0 Å². The van der Waals surface area contributed by atoms with E-state index >= 15 is 0 Å². The van der Waals surface area contributed by atoms with E-state index < -0.39 is 0 Å². The Bertz CT molecular complexity index is 4360. The van der Waals surface area contributed by atoms with Gasteiger partial charge in [0.1, 0.15) is 13.2 Å². The second-order valence-electron chi connectivity index (χ2n) is 25.6. The zero-order chi connectivity index (χ0) is 60.7. The molecule has 0 amide bonds. The highest BCUT2D eigenvalue weighted by atomic mass is 16.5. The molecule has 15 rings (SSSR count). The molecule has 4 heterocycles. The van der Waals surface area contributed by atoms with Crippen LogP contribution in [0.4, 0.5) is 0 Å². The number of ether oxygens (including phenoxy) is 4. The van der Waals surface area contributed by atoms with Gasteiger partial charge in [-0.25, -0.2) is 9.97 Å². The number of rotatable bonds is 18. The molecule has 3 aliphatic rings. The van der Waals surface area contributed by atoms with Crippen LogP contribution in [0, 0.1) is 49.4 Å². The molecule has 0 N–H and O–H groups in total. The fraction of sp³-hybridized carbons (Fsp3) is 0.275. The van der Waals surface area contributed by atoms with Gasteiger partial charge in [-0.05, 0) is 212 Å². The average molecular weight is 1190 g/mol. The Morgan fingerprint density at radius 2 is 0.744 bits per heavy atom. The quantitative estimate of drug-likeness (QED) is 0.0466. The number of hydrogen-bond donors (Lipinski definition) is 0. The molecule has 0 unspecified atom stereocenters. The van der Waals surface area contributed by atoms with E-state index in [1.165, 1.54) is 53.9 Å². The molecule has 3 aliphatic carbocycles. The van der Waals surface area contributed by atoms with Gasteiger partial charge in [0.15, 0.2) is 0 Å². The Labute approximate surface area is 524 Å². The first kappa shape index (κ1) is 57.2. The first-order valence-corrected chi connectivity index (χ1v) is 32.2. The van der Waals surface area contributed by atoms with Crippen LogP contribution in [0.3, 0.4) is 0 Å². The maximum atomic E-state index is 13.7. The predicted octanol–water partition coefficient (Wildman–Crippen LogP) is 17.2. The van der Waals surface area contributed by atoms with Gasteiger partial charge in [-0.3, -0.25) is 19.6 Å². The average Bonchev–Trinajstić information content (AvgIpc) is 0.817. The highest BCUT2D eigenvalue weighted by Gasteiger charge is 2.47. The molecule has 4 aromatic heterocycles. The first-order valence-electron chi connectivity index (χ1n) is 32.2. The van der Waals surface area contributed by atoms with Gasteiger partial charge in [-0.2, -0.15) is 0 Å². The van der Waals surface area contributed by atoms with E-state index in [0.29, 0.717) is 36.9 Å². The van der Waals surface area contributed by atoms with E-state index in [1.807, 2.05) is 86.6 Å². The molecular weight excluding hydrogens is 1110 g/mol. The standard InChI is InChI=1S/C80H72N4O6/c1-49-11-3-21-69(81-49)71-23-7-19-65(83-71)47-89-73-43-63-41-61-39-57(17-9-37-87-75(85)45-59-31-29-55-27-25-51-13-5-15-53-33-35-67(59)79(55)77(51)53)58(40-62(61)42-64(63)44-74(73)90-48-66-20-8-24-72(84-66)70-22-4-12-50(2)82-70)18-10-38-88-76(86)46-60-32-30-56-28-26-52-14-6-16-54-34-36-68(60)80(56)78(52)54/h3-36,57-58,61-64,73-74H,37-48H2,1-2H3/b17-9+,18-10+/t57-,58-,61-,62+,63+,64-,73-,74-/m1/s1. The number of esters is 2. The normalized spacial score (nSPS) is 21.1. The fourth-order valence-electron chi connectivity index (χ4n) is 15.7. The number of hydrogen-bond acceptors (Lipinski definition) is 10. The van der Waals surface area contributed by atoms with Gasteiger partial charge in [-0.1, -0.05) is 158 Å². The molecule has 448 valence electrons. The van der Waals surface area contributed by atoms with Crippen LogP contribution in [-0.2, 0) is 54.6 Å². The minimum absolute atomic E-state index is 0.144. The minimum atomic E-state index is -0.246. The number of aromatic nitrogens is 4. The summed E-state index contributed by atoms with van der Waals surface area (Å²) in [7, 11) is 0. The summed E-state index contributed by atoms with van der Waals surface area (Å²) >= 11 is 0. The molecule has 10 heteroatoms. The van der Waals surface area contributed by atoms with Crippen molar-refractivity contribution in [3.05, 3.63) is 240 Å². The second-order valence-corrected chi connectivity index (χ2v) is 25.6. The van der Waals surface area contributed by atoms with E-state index in [9.17, 15) is 9.59 Å². The Balaban J connectivity index is 0.654. The molecule has 0 bridgehead atoms. The van der Waals surface area contributed by atoms with Crippen molar-refractivity contribution in [2.45, 2.75) is 90.6 Å². The molecule has 3 saturated carbocycles. The number of carbonyl (C=O) groups is 2. The monoisotopic (exact) mass is 1180 g/mol. The summed E-state index contributed by atoms with van der Waals surface area (Å²) in [6, 6.07) is 62.7. The number of allylic oxidation sites excluding steroid dienone is 2. The number of carbonyl (C=O) groups excluding carboxylic acids is 2. The molecule has 0 spiro atoms. The van der Waals surface area contributed by atoms with Gasteiger partial charge in [0.05, 0.1) is 72.4 Å². The minimum Gasteiger partial charge on any atom is -0.461 e. The van der Waals surface area contributed by atoms with Crippen LogP contribution in [-0.4, -0.2) is 57.3 Å². The maximum absolute atomic E-state index is 13.7. The zero-order valence-electron chi connectivity index (χ0n) is 51.0. The SMILES string of the molecule is Cc1cccc(-c2cccc(CO[C@@H]3C[C@H]4C[C@@H]5C[C@@H](/C=C/COC(=O)Cc6ccc7ccc8cccc9ccc6c7c89)[C@H](/C=C/COC(=O)Cc6ccc7ccc8cccc9ccc6c7c89)C[C@@H]5C[C@H]4C[C@H]3OCc3cccc(-c4cccc(C)n4)n3)n2)n1. The summed E-state index contributed by atoms with van der Waals surface area (Å²) < 4.78 is 26.0. The summed E-state index contributed by atoms with van der Waals surface area (Å²) in [6.07, 6.45) is 14.8. The molecule has 3 fully saturated rings. The highest BCUT2D eigenvalue weighted by Crippen LogP contribution is 2.54. The van der Waals surface area contributed by atoms with Crippen molar-refractivity contribution in [2.75, 3.05) is 13.2 Å². The van der Waals surface area contributed by atoms with Crippen LogP contribution in [0.15, 0.2) is 206 Å². The molecular formula is C80H72N4O6. The molecule has 8 aromatic carbocycles. The Morgan fingerprint density at radius 3 is 1.17 bits per heavy atom. The van der Waals surface area contributed by atoms with E-state index in [2.05, 4.69) is 133 Å². The zero-order valence-corrected chi connectivity index (χ0v) is 51.0. The fourth-order valence-corrected chi connectivity index (χ4v) is 15.7. The number of nitrogens with zero attached hydrogens (tertiary/aromatic N) is 4. The summed E-state index contributed by atoms with van der Waals surface area (Å²) in [6.45, 7) is 5.11. The number of aryl methyl sites for hydroxylation is 2. The van der Waals surface area contributed by atoms with Crippen molar-refractivity contribution in [2.24, 2.45) is 35.5 Å². The molecule has 10 nitrogen and oxygen atoms in total. The molecule has 0 radical (unpaired) electrons. The number of pyridine rings is 4. The van der Waals surface area contributed by atoms with Crippen molar-refractivity contribution in [1.82, 2.24) is 19.9 Å². The maximum Gasteiger partial charge on any atom is 0.310 e. The smallest absolute Gasteiger partial charge is 0.310 e. The van der Waals surface area contributed by atoms with Gasteiger partial charge in [0.25, 0.3) is 0 Å². The Morgan fingerprint density at radius 1 is 0.389 bits per heavy atom. The summed E-state index contributed by atoms with van der Waals surface area (Å²) in [5.74, 6) is 1.85. The molecule has 90 heavy (non-hydrogen) atoms. The van der Waals surface area contributed by atoms with Gasteiger partial charge >= 0.3 is 11.9 Å². The third kappa shape index (κ3) is 11.8. The van der Waals surface area contributed by atoms with E-state index in [0.717, 1.165) is 106 Å². The lowest BCUT2D eigenvalue weighted by Crippen LogP contribution is -2.47. The largest absolute Gasteiger partial charge is 0.461 e. The molecule has 12 aromatic rings. The van der Waals surface area contributed by atoms with Crippen molar-refractivity contribution in [1.29, 1.82) is 0 Å². The van der Waals surface area contributed by atoms with Crippen LogP contribution in [0.25, 0.3) is 87.4 Å². The van der Waals surface area contributed by atoms with E-state index in [1.54, 1.807) is 0 Å². The van der Waals surface area contributed by atoms with Gasteiger partial charge in [0.2, 0.25) is 0 Å². The topological polar surface area (TPSA) is 123 Å². The third-order valence-electron chi connectivity index (χ3n) is 19.9. The van der Waals surface area contributed by atoms with Crippen LogP contribution < -0.4 is 0 Å². The third-order valence-corrected chi connectivity index (χ3v) is 19.9. The molecule has 0 saturated heterocycles. The van der Waals surface area contributed by atoms with Gasteiger partial charge in [0, 0.05) is 11.4 Å². The lowest BCUT2D eigenvalue weighted by Gasteiger charge is -2.51. The number of benzene rings is 8. The Hall–Kier alpha value is -9.22. The van der Waals surface area contributed by atoms with Gasteiger partial charge in [-0.15, -0.1) is 0 Å². The predicted molar refractivity (Wildman–Crippen MR) is 358 cm³/mol. The highest BCUT2D eigenvalue weighted by molar-refractivity contribution is 6.25. The molecule has 8 atom stereocenters. The van der Waals surface area contributed by atoms with Crippen molar-refractivity contribution in [3.63, 3.8) is 0 Å². The van der Waals surface area contributed by atoms with Crippen molar-refractivity contribution >= 4 is 76.6 Å². The summed E-state index contributed by atoms with van der Waals surface area (Å²) in [5, 5.41) is 14.2. The number of fused-ring (bicyclic) bond motifs is 2. The van der Waals surface area contributed by atoms with E-state index in [4.69, 9.17) is 38.9 Å². The lowest BCUT2D eigenvalue weighted by atomic mass is 9.56. The first-order chi connectivity index (χ1) is 44.2. The Kier molecular flexibility index (Phi) is 15.9. The summed E-state index contributed by atoms with van der Waals surface area (Å²) in [5.41, 5.74) is 8.90.